The van der Waals surface area contributed by atoms with Crippen molar-refractivity contribution in [2.45, 2.75) is 19.4 Å². The molecule has 4 nitrogen and oxygen atoms in total. The number of hydrogen-bond acceptors (Lipinski definition) is 4. The quantitative estimate of drug-likeness (QED) is 0.536. The minimum Gasteiger partial charge on any atom is -0.469 e. The number of ether oxygens (including phenoxy) is 2. The zero-order valence-corrected chi connectivity index (χ0v) is 10.9. The van der Waals surface area contributed by atoms with Crippen LogP contribution in [0.2, 0.25) is 0 Å². The normalized spacial score (nSPS) is 10.3. The summed E-state index contributed by atoms with van der Waals surface area (Å²) in [7, 11) is 1.38. The van der Waals surface area contributed by atoms with Crippen LogP contribution in [0.3, 0.4) is 0 Å². The number of hydrogen-bond donors (Lipinski definition) is 1. The molecule has 0 amide bonds. The lowest BCUT2D eigenvalue weighted by molar-refractivity contribution is -0.141. The van der Waals surface area contributed by atoms with Crippen molar-refractivity contribution in [3.05, 3.63) is 35.9 Å². The Labute approximate surface area is 108 Å². The van der Waals surface area contributed by atoms with Gasteiger partial charge in [0.15, 0.2) is 0 Å². The van der Waals surface area contributed by atoms with E-state index in [0.29, 0.717) is 19.6 Å². The van der Waals surface area contributed by atoms with Crippen molar-refractivity contribution in [1.29, 1.82) is 0 Å². The summed E-state index contributed by atoms with van der Waals surface area (Å²) in [5.41, 5.74) is 1.28. The summed E-state index contributed by atoms with van der Waals surface area (Å²) < 4.78 is 9.83. The Morgan fingerprint density at radius 1 is 1.22 bits per heavy atom. The minimum atomic E-state index is -0.225. The van der Waals surface area contributed by atoms with E-state index in [0.717, 1.165) is 19.5 Å². The monoisotopic (exact) mass is 251 g/mol. The maximum atomic E-state index is 10.8. The van der Waals surface area contributed by atoms with Gasteiger partial charge in [-0.05, 0) is 18.5 Å². The molecule has 1 rings (SSSR count). The van der Waals surface area contributed by atoms with Gasteiger partial charge in [-0.3, -0.25) is 4.79 Å². The highest BCUT2D eigenvalue weighted by molar-refractivity contribution is 5.69. The molecule has 0 spiro atoms. The molecule has 0 aliphatic rings. The third kappa shape index (κ3) is 7.04. The SMILES string of the molecule is COC(=O)CCOCCCNCc1ccccc1. The van der Waals surface area contributed by atoms with Crippen LogP contribution in [0.15, 0.2) is 30.3 Å². The number of nitrogens with one attached hydrogen (secondary N) is 1. The van der Waals surface area contributed by atoms with Crippen molar-refractivity contribution >= 4 is 5.97 Å². The van der Waals surface area contributed by atoms with E-state index in [1.807, 2.05) is 18.2 Å². The standard InChI is InChI=1S/C14H21NO3/c1-17-14(16)8-11-18-10-5-9-15-12-13-6-3-2-4-7-13/h2-4,6-7,15H,5,8-12H2,1H3. The number of carbonyl (C=O) groups excluding carboxylic acids is 1. The molecule has 0 aliphatic heterocycles. The molecule has 0 aromatic heterocycles. The molecule has 0 saturated carbocycles. The molecular weight excluding hydrogens is 230 g/mol. The zero-order chi connectivity index (χ0) is 13.1. The molecule has 100 valence electrons. The number of methoxy groups -OCH3 is 1. The predicted molar refractivity (Wildman–Crippen MR) is 70.2 cm³/mol. The molecule has 0 radical (unpaired) electrons. The largest absolute Gasteiger partial charge is 0.469 e. The van der Waals surface area contributed by atoms with Crippen molar-refractivity contribution in [2.75, 3.05) is 26.9 Å². The fraction of sp³-hybridized carbons (Fsp3) is 0.500. The highest BCUT2D eigenvalue weighted by Gasteiger charge is 1.98. The Hall–Kier alpha value is -1.39. The molecule has 0 unspecified atom stereocenters. The topological polar surface area (TPSA) is 47.6 Å². The van der Waals surface area contributed by atoms with Gasteiger partial charge in [-0.1, -0.05) is 30.3 Å². The van der Waals surface area contributed by atoms with Crippen LogP contribution in [-0.2, 0) is 20.8 Å². The molecule has 0 aliphatic carbocycles. The molecule has 1 N–H and O–H groups in total. The minimum absolute atomic E-state index is 0.225. The second kappa shape index (κ2) is 9.62. The zero-order valence-electron chi connectivity index (χ0n) is 10.9. The molecule has 1 aromatic carbocycles. The summed E-state index contributed by atoms with van der Waals surface area (Å²) in [6, 6.07) is 10.3. The van der Waals surface area contributed by atoms with Crippen LogP contribution in [0.5, 0.6) is 0 Å². The third-order valence-corrected chi connectivity index (χ3v) is 2.49. The van der Waals surface area contributed by atoms with Gasteiger partial charge in [-0.2, -0.15) is 0 Å². The van der Waals surface area contributed by atoms with E-state index in [2.05, 4.69) is 22.2 Å². The second-order valence-corrected chi connectivity index (χ2v) is 3.95. The molecule has 4 heteroatoms. The van der Waals surface area contributed by atoms with E-state index in [9.17, 15) is 4.79 Å². The van der Waals surface area contributed by atoms with Crippen LogP contribution in [0, 0.1) is 0 Å². The van der Waals surface area contributed by atoms with Gasteiger partial charge >= 0.3 is 5.97 Å². The second-order valence-electron chi connectivity index (χ2n) is 3.95. The summed E-state index contributed by atoms with van der Waals surface area (Å²) in [5, 5.41) is 3.34. The Morgan fingerprint density at radius 2 is 2.00 bits per heavy atom. The lowest BCUT2D eigenvalue weighted by Crippen LogP contribution is -2.16. The summed E-state index contributed by atoms with van der Waals surface area (Å²) in [5.74, 6) is -0.225. The smallest absolute Gasteiger partial charge is 0.307 e. The van der Waals surface area contributed by atoms with Crippen molar-refractivity contribution in [2.24, 2.45) is 0 Å². The molecule has 1 aromatic rings. The summed E-state index contributed by atoms with van der Waals surface area (Å²) in [4.78, 5) is 10.8. The highest BCUT2D eigenvalue weighted by Crippen LogP contribution is 1.97. The van der Waals surface area contributed by atoms with Crippen molar-refractivity contribution in [1.82, 2.24) is 5.32 Å². The van der Waals surface area contributed by atoms with Crippen LogP contribution in [0.25, 0.3) is 0 Å². The Kier molecular flexibility index (Phi) is 7.84. The Balaban J connectivity index is 1.89. The van der Waals surface area contributed by atoms with E-state index < -0.39 is 0 Å². The Bertz CT molecular complexity index is 327. The molecule has 18 heavy (non-hydrogen) atoms. The fourth-order valence-corrected chi connectivity index (χ4v) is 1.49. The number of benzene rings is 1. The van der Waals surface area contributed by atoms with Crippen molar-refractivity contribution in [3.63, 3.8) is 0 Å². The average Bonchev–Trinajstić information content (AvgIpc) is 2.42. The van der Waals surface area contributed by atoms with Gasteiger partial charge < -0.3 is 14.8 Å². The first-order valence-corrected chi connectivity index (χ1v) is 6.22. The molecule has 0 fully saturated rings. The van der Waals surface area contributed by atoms with Gasteiger partial charge in [-0.15, -0.1) is 0 Å². The van der Waals surface area contributed by atoms with E-state index in [-0.39, 0.29) is 5.97 Å². The van der Waals surface area contributed by atoms with Gasteiger partial charge in [0, 0.05) is 13.2 Å². The highest BCUT2D eigenvalue weighted by atomic mass is 16.5. The van der Waals surface area contributed by atoms with Crippen molar-refractivity contribution < 1.29 is 14.3 Å². The maximum Gasteiger partial charge on any atom is 0.307 e. The average molecular weight is 251 g/mol. The molecule has 0 heterocycles. The maximum absolute atomic E-state index is 10.8. The van der Waals surface area contributed by atoms with Crippen LogP contribution in [0.4, 0.5) is 0 Å². The molecular formula is C14H21NO3. The van der Waals surface area contributed by atoms with E-state index in [4.69, 9.17) is 4.74 Å². The molecule has 0 atom stereocenters. The lowest BCUT2D eigenvalue weighted by Gasteiger charge is -2.05. The van der Waals surface area contributed by atoms with Gasteiger partial charge in [0.2, 0.25) is 0 Å². The van der Waals surface area contributed by atoms with Crippen LogP contribution < -0.4 is 5.32 Å². The fourth-order valence-electron chi connectivity index (χ4n) is 1.49. The number of rotatable bonds is 9. The third-order valence-electron chi connectivity index (χ3n) is 2.49. The van der Waals surface area contributed by atoms with E-state index in [1.165, 1.54) is 12.7 Å². The van der Waals surface area contributed by atoms with Gasteiger partial charge in [0.1, 0.15) is 0 Å². The molecule has 0 bridgehead atoms. The van der Waals surface area contributed by atoms with E-state index in [1.54, 1.807) is 0 Å². The van der Waals surface area contributed by atoms with Gasteiger partial charge in [-0.25, -0.2) is 0 Å². The van der Waals surface area contributed by atoms with Crippen LogP contribution in [0.1, 0.15) is 18.4 Å². The summed E-state index contributed by atoms with van der Waals surface area (Å²) in [6.07, 6.45) is 1.27. The number of carbonyl (C=O) groups is 1. The predicted octanol–water partition coefficient (Wildman–Crippen LogP) is 1.75. The summed E-state index contributed by atoms with van der Waals surface area (Å²) >= 11 is 0. The molecule has 0 saturated heterocycles. The summed E-state index contributed by atoms with van der Waals surface area (Å²) in [6.45, 7) is 2.89. The number of esters is 1. The van der Waals surface area contributed by atoms with Crippen LogP contribution in [-0.4, -0.2) is 32.8 Å². The first kappa shape index (κ1) is 14.7. The van der Waals surface area contributed by atoms with E-state index >= 15 is 0 Å². The van der Waals surface area contributed by atoms with Crippen molar-refractivity contribution in [3.8, 4) is 0 Å². The van der Waals surface area contributed by atoms with Gasteiger partial charge in [0.25, 0.3) is 0 Å². The van der Waals surface area contributed by atoms with Crippen LogP contribution >= 0.6 is 0 Å². The first-order valence-electron chi connectivity index (χ1n) is 6.22. The Morgan fingerprint density at radius 3 is 2.72 bits per heavy atom. The van der Waals surface area contributed by atoms with Gasteiger partial charge in [0.05, 0.1) is 20.1 Å². The lowest BCUT2D eigenvalue weighted by atomic mass is 10.2. The first-order chi connectivity index (χ1) is 8.83.